The molecule has 0 saturated heterocycles. The Balaban J connectivity index is 1.54. The summed E-state index contributed by atoms with van der Waals surface area (Å²) in [5.41, 5.74) is 3.21. The van der Waals surface area contributed by atoms with Crippen molar-refractivity contribution < 1.29 is 13.2 Å². The highest BCUT2D eigenvalue weighted by Crippen LogP contribution is 2.28. The van der Waals surface area contributed by atoms with Gasteiger partial charge in [0.2, 0.25) is 9.84 Å². The Morgan fingerprint density at radius 3 is 2.61 bits per heavy atom. The van der Waals surface area contributed by atoms with Gasteiger partial charge in [-0.2, -0.15) is 0 Å². The number of sulfone groups is 1. The number of rotatable bonds is 5. The van der Waals surface area contributed by atoms with Crippen molar-refractivity contribution in [3.05, 3.63) is 81.7 Å². The minimum absolute atomic E-state index is 0.251. The van der Waals surface area contributed by atoms with Gasteiger partial charge in [-0.05, 0) is 71.5 Å². The molecule has 0 amide bonds. The smallest absolute Gasteiger partial charge is 0.206 e. The molecule has 0 unspecified atom stereocenters. The second-order valence-electron chi connectivity index (χ2n) is 6.85. The second kappa shape index (κ2) is 7.45. The first-order valence-electron chi connectivity index (χ1n) is 8.94. The van der Waals surface area contributed by atoms with Gasteiger partial charge >= 0.3 is 0 Å². The Hall–Kier alpha value is -2.57. The van der Waals surface area contributed by atoms with Crippen LogP contribution in [-0.4, -0.2) is 20.4 Å². The highest BCUT2D eigenvalue weighted by molar-refractivity contribution is 7.91. The van der Waals surface area contributed by atoms with E-state index in [0.717, 1.165) is 24.2 Å². The molecule has 0 saturated carbocycles. The molecule has 0 atom stereocenters. The molecule has 1 aliphatic rings. The van der Waals surface area contributed by atoms with Gasteiger partial charge in [-0.25, -0.2) is 8.42 Å². The van der Waals surface area contributed by atoms with Gasteiger partial charge in [0.25, 0.3) is 0 Å². The van der Waals surface area contributed by atoms with Crippen molar-refractivity contribution in [3.63, 3.8) is 0 Å². The molecule has 0 N–H and O–H groups in total. The minimum Gasteiger partial charge on any atom is -0.497 e. The molecule has 6 heteroatoms. The molecule has 0 bridgehead atoms. The van der Waals surface area contributed by atoms with Crippen LogP contribution in [0, 0.1) is 6.92 Å². The lowest BCUT2D eigenvalue weighted by Gasteiger charge is -2.23. The third-order valence-corrected chi connectivity index (χ3v) is 7.45. The van der Waals surface area contributed by atoms with Gasteiger partial charge < -0.3 is 9.64 Å². The van der Waals surface area contributed by atoms with Crippen LogP contribution < -0.4 is 4.74 Å². The largest absolute Gasteiger partial charge is 0.497 e. The van der Waals surface area contributed by atoms with Gasteiger partial charge in [-0.15, -0.1) is 11.3 Å². The maximum atomic E-state index is 13.0. The number of hydrogen-bond donors (Lipinski definition) is 0. The third kappa shape index (κ3) is 3.70. The van der Waals surface area contributed by atoms with E-state index in [0.29, 0.717) is 10.6 Å². The van der Waals surface area contributed by atoms with Crippen LogP contribution >= 0.6 is 11.3 Å². The number of nitrogens with zero attached hydrogens (tertiary/aromatic N) is 1. The van der Waals surface area contributed by atoms with Crippen molar-refractivity contribution >= 4 is 27.3 Å². The third-order valence-electron chi connectivity index (χ3n) is 4.78. The second-order valence-corrected chi connectivity index (χ2v) is 9.80. The van der Waals surface area contributed by atoms with E-state index < -0.39 is 9.84 Å². The molecule has 144 valence electrons. The molecular formula is C22H21NO3S2. The molecular weight excluding hydrogens is 390 g/mol. The number of fused-ring (bicyclic) bond motifs is 1. The Morgan fingerprint density at radius 2 is 1.86 bits per heavy atom. The van der Waals surface area contributed by atoms with E-state index in [1.54, 1.807) is 35.6 Å². The summed E-state index contributed by atoms with van der Waals surface area (Å²) in [5.74, 6) is 0.542. The van der Waals surface area contributed by atoms with Gasteiger partial charge in [0.15, 0.2) is 0 Å². The molecule has 2 aromatic carbocycles. The minimum atomic E-state index is -3.58. The molecule has 28 heavy (non-hydrogen) atoms. The summed E-state index contributed by atoms with van der Waals surface area (Å²) < 4.78 is 31.2. The zero-order valence-corrected chi connectivity index (χ0v) is 17.4. The summed E-state index contributed by atoms with van der Waals surface area (Å²) in [5, 5.41) is 2.11. The zero-order valence-electron chi connectivity index (χ0n) is 15.8. The van der Waals surface area contributed by atoms with Gasteiger partial charge in [-0.3, -0.25) is 0 Å². The van der Waals surface area contributed by atoms with Crippen LogP contribution in [0.25, 0.3) is 6.08 Å². The van der Waals surface area contributed by atoms with E-state index in [1.165, 1.54) is 17.6 Å². The van der Waals surface area contributed by atoms with Crippen LogP contribution in [0.3, 0.4) is 0 Å². The van der Waals surface area contributed by atoms with Crippen LogP contribution in [0.15, 0.2) is 69.9 Å². The first-order chi connectivity index (χ1) is 13.5. The van der Waals surface area contributed by atoms with E-state index >= 15 is 0 Å². The Kier molecular flexibility index (Phi) is 5.00. The fourth-order valence-electron chi connectivity index (χ4n) is 3.29. The summed E-state index contributed by atoms with van der Waals surface area (Å²) in [4.78, 5) is 4.13. The monoisotopic (exact) mass is 411 g/mol. The van der Waals surface area contributed by atoms with Crippen molar-refractivity contribution in [2.24, 2.45) is 0 Å². The predicted molar refractivity (Wildman–Crippen MR) is 112 cm³/mol. The Labute approximate surface area is 169 Å². The number of benzene rings is 2. The average Bonchev–Trinajstić information content (AvgIpc) is 3.15. The topological polar surface area (TPSA) is 46.6 Å². The van der Waals surface area contributed by atoms with E-state index in [1.807, 2.05) is 25.1 Å². The van der Waals surface area contributed by atoms with E-state index in [2.05, 4.69) is 28.6 Å². The summed E-state index contributed by atoms with van der Waals surface area (Å²) in [6.07, 6.45) is 4.22. The first-order valence-corrected chi connectivity index (χ1v) is 11.3. The lowest BCUT2D eigenvalue weighted by Crippen LogP contribution is -2.18. The summed E-state index contributed by atoms with van der Waals surface area (Å²) in [6, 6.07) is 14.3. The van der Waals surface area contributed by atoms with Gasteiger partial charge in [0.1, 0.15) is 5.75 Å². The van der Waals surface area contributed by atoms with Gasteiger partial charge in [0.05, 0.1) is 23.4 Å². The van der Waals surface area contributed by atoms with Crippen LogP contribution in [0.2, 0.25) is 0 Å². The number of hydrogen-bond acceptors (Lipinski definition) is 5. The average molecular weight is 412 g/mol. The Bertz CT molecular complexity index is 1130. The molecule has 4 rings (SSSR count). The lowest BCUT2D eigenvalue weighted by molar-refractivity contribution is 0.363. The predicted octanol–water partition coefficient (Wildman–Crippen LogP) is 4.88. The van der Waals surface area contributed by atoms with Crippen LogP contribution in [0.5, 0.6) is 5.75 Å². The number of aryl methyl sites for hydroxylation is 1. The first kappa shape index (κ1) is 18.8. The molecule has 0 spiro atoms. The van der Waals surface area contributed by atoms with Crippen LogP contribution in [0.1, 0.15) is 21.6 Å². The SMILES string of the molecule is COc1cc(C)cc(S(=O)(=O)c2ccc(CN3C=Cc4ccsc4C3)cc2)c1. The summed E-state index contributed by atoms with van der Waals surface area (Å²) in [7, 11) is -2.05. The molecule has 1 aliphatic heterocycles. The van der Waals surface area contributed by atoms with Crippen LogP contribution in [-0.2, 0) is 22.9 Å². The number of ether oxygens (including phenoxy) is 1. The maximum absolute atomic E-state index is 13.0. The number of methoxy groups -OCH3 is 1. The number of thiophene rings is 1. The van der Waals surface area contributed by atoms with Crippen molar-refractivity contribution in [1.29, 1.82) is 0 Å². The van der Waals surface area contributed by atoms with Gasteiger partial charge in [0, 0.05) is 17.6 Å². The van der Waals surface area contributed by atoms with E-state index in [9.17, 15) is 8.42 Å². The fourth-order valence-corrected chi connectivity index (χ4v) is 5.56. The molecule has 0 radical (unpaired) electrons. The normalized spacial score (nSPS) is 13.4. The molecule has 0 fully saturated rings. The molecule has 1 aromatic heterocycles. The van der Waals surface area contributed by atoms with E-state index in [-0.39, 0.29) is 4.90 Å². The standard InChI is InChI=1S/C22H21NO3S2/c1-16-11-19(26-2)13-21(12-16)28(24,25)20-5-3-17(4-6-20)14-23-9-7-18-8-10-27-22(18)15-23/h3-13H,14-15H2,1-2H3. The molecule has 4 nitrogen and oxygen atoms in total. The van der Waals surface area contributed by atoms with Gasteiger partial charge in [-0.1, -0.05) is 12.1 Å². The highest BCUT2D eigenvalue weighted by Gasteiger charge is 2.19. The lowest BCUT2D eigenvalue weighted by atomic mass is 10.1. The molecule has 2 heterocycles. The maximum Gasteiger partial charge on any atom is 0.206 e. The summed E-state index contributed by atoms with van der Waals surface area (Å²) in [6.45, 7) is 3.48. The van der Waals surface area contributed by atoms with Crippen molar-refractivity contribution in [2.75, 3.05) is 7.11 Å². The molecule has 3 aromatic rings. The van der Waals surface area contributed by atoms with Crippen LogP contribution in [0.4, 0.5) is 0 Å². The molecule has 0 aliphatic carbocycles. The van der Waals surface area contributed by atoms with Crippen molar-refractivity contribution in [2.45, 2.75) is 29.8 Å². The Morgan fingerprint density at radius 1 is 1.07 bits per heavy atom. The van der Waals surface area contributed by atoms with Crippen molar-refractivity contribution in [3.8, 4) is 5.75 Å². The fraction of sp³-hybridized carbons (Fsp3) is 0.182. The highest BCUT2D eigenvalue weighted by atomic mass is 32.2. The van der Waals surface area contributed by atoms with E-state index in [4.69, 9.17) is 4.74 Å². The zero-order chi connectivity index (χ0) is 19.7. The quantitative estimate of drug-likeness (QED) is 0.600. The van der Waals surface area contributed by atoms with Crippen molar-refractivity contribution in [1.82, 2.24) is 4.90 Å². The summed E-state index contributed by atoms with van der Waals surface area (Å²) >= 11 is 1.76.